The Morgan fingerprint density at radius 2 is 1.85 bits per heavy atom. The molecule has 4 atom stereocenters. The lowest BCUT2D eigenvalue weighted by atomic mass is 10.0. The van der Waals surface area contributed by atoms with Crippen molar-refractivity contribution >= 4 is 6.09 Å². The number of carbonyl (C=O) groups is 1. The van der Waals surface area contributed by atoms with Gasteiger partial charge in [0.1, 0.15) is 5.60 Å². The van der Waals surface area contributed by atoms with E-state index in [0.717, 1.165) is 31.5 Å². The van der Waals surface area contributed by atoms with Crippen LogP contribution in [0, 0.1) is 11.8 Å². The van der Waals surface area contributed by atoms with Crippen LogP contribution in [0.15, 0.2) is 30.3 Å². The number of aliphatic hydroxyl groups is 1. The van der Waals surface area contributed by atoms with Gasteiger partial charge in [0.25, 0.3) is 0 Å². The third-order valence-corrected chi connectivity index (χ3v) is 5.03. The van der Waals surface area contributed by atoms with Crippen molar-refractivity contribution in [2.24, 2.45) is 11.8 Å². The molecule has 1 aromatic rings. The highest BCUT2D eigenvalue weighted by Crippen LogP contribution is 2.38. The minimum Gasteiger partial charge on any atom is -0.444 e. The predicted molar refractivity (Wildman–Crippen MR) is 98.2 cm³/mol. The van der Waals surface area contributed by atoms with Gasteiger partial charge < -0.3 is 19.5 Å². The lowest BCUT2D eigenvalue weighted by Gasteiger charge is -2.26. The minimum atomic E-state index is -0.971. The Kier molecular flexibility index (Phi) is 5.85. The first kappa shape index (κ1) is 19.1. The van der Waals surface area contributed by atoms with Crippen molar-refractivity contribution in [3.05, 3.63) is 35.9 Å². The standard InChI is InChI=1S/C20H30N2O4/c1-20(2,3)26-19(24)22-11-15-9-17(10-16(15)12-22)21-18(23)25-13-14-7-5-4-6-8-14/h4-8,15-18,21,23H,9-13H2,1-3H3/t15-,16+,17?,18?. The Hall–Kier alpha value is -1.63. The highest BCUT2D eigenvalue weighted by Gasteiger charge is 2.43. The molecule has 0 spiro atoms. The molecule has 26 heavy (non-hydrogen) atoms. The quantitative estimate of drug-likeness (QED) is 0.788. The Morgan fingerprint density at radius 1 is 1.23 bits per heavy atom. The number of carbonyl (C=O) groups excluding carboxylic acids is 1. The molecule has 2 fully saturated rings. The lowest BCUT2D eigenvalue weighted by Crippen LogP contribution is -2.40. The van der Waals surface area contributed by atoms with E-state index in [2.05, 4.69) is 5.32 Å². The van der Waals surface area contributed by atoms with Gasteiger partial charge in [-0.2, -0.15) is 0 Å². The van der Waals surface area contributed by atoms with Crippen LogP contribution in [0.2, 0.25) is 0 Å². The van der Waals surface area contributed by atoms with Gasteiger partial charge in [-0.05, 0) is 51.0 Å². The van der Waals surface area contributed by atoms with Crippen molar-refractivity contribution in [2.45, 2.75) is 58.3 Å². The molecular formula is C20H30N2O4. The first-order chi connectivity index (χ1) is 12.3. The van der Waals surface area contributed by atoms with Crippen LogP contribution in [0.25, 0.3) is 0 Å². The summed E-state index contributed by atoms with van der Waals surface area (Å²) in [5.41, 5.74) is 0.573. The van der Waals surface area contributed by atoms with Gasteiger partial charge in [0.05, 0.1) is 6.61 Å². The molecular weight excluding hydrogens is 332 g/mol. The van der Waals surface area contributed by atoms with Gasteiger partial charge in [-0.3, -0.25) is 5.32 Å². The zero-order chi connectivity index (χ0) is 18.7. The van der Waals surface area contributed by atoms with E-state index in [1.165, 1.54) is 0 Å². The summed E-state index contributed by atoms with van der Waals surface area (Å²) < 4.78 is 10.9. The van der Waals surface area contributed by atoms with E-state index in [-0.39, 0.29) is 12.1 Å². The summed E-state index contributed by atoms with van der Waals surface area (Å²) in [5.74, 6) is 0.919. The topological polar surface area (TPSA) is 71.0 Å². The number of fused-ring (bicyclic) bond motifs is 1. The fourth-order valence-corrected chi connectivity index (χ4v) is 3.91. The number of nitrogens with zero attached hydrogens (tertiary/aromatic N) is 1. The lowest BCUT2D eigenvalue weighted by molar-refractivity contribution is -0.134. The molecule has 1 saturated carbocycles. The van der Waals surface area contributed by atoms with Gasteiger partial charge in [0.2, 0.25) is 6.41 Å². The van der Waals surface area contributed by atoms with Crippen molar-refractivity contribution in [3.8, 4) is 0 Å². The van der Waals surface area contributed by atoms with Gasteiger partial charge in [0, 0.05) is 19.1 Å². The molecule has 2 N–H and O–H groups in total. The Labute approximate surface area is 155 Å². The summed E-state index contributed by atoms with van der Waals surface area (Å²) >= 11 is 0. The van der Waals surface area contributed by atoms with Crippen LogP contribution < -0.4 is 5.32 Å². The van der Waals surface area contributed by atoms with E-state index in [9.17, 15) is 9.90 Å². The number of hydrogen-bond donors (Lipinski definition) is 2. The second-order valence-corrected chi connectivity index (χ2v) is 8.39. The van der Waals surface area contributed by atoms with Crippen LogP contribution in [0.3, 0.4) is 0 Å². The maximum Gasteiger partial charge on any atom is 0.410 e. The summed E-state index contributed by atoms with van der Waals surface area (Å²) in [6.45, 7) is 7.51. The van der Waals surface area contributed by atoms with Gasteiger partial charge in [0.15, 0.2) is 0 Å². The minimum absolute atomic E-state index is 0.219. The molecule has 1 heterocycles. The van der Waals surface area contributed by atoms with Crippen molar-refractivity contribution in [1.29, 1.82) is 0 Å². The van der Waals surface area contributed by atoms with E-state index in [1.54, 1.807) is 0 Å². The monoisotopic (exact) mass is 362 g/mol. The number of rotatable bonds is 5. The number of ether oxygens (including phenoxy) is 2. The van der Waals surface area contributed by atoms with Gasteiger partial charge in [-0.15, -0.1) is 0 Å². The zero-order valence-electron chi connectivity index (χ0n) is 15.9. The number of hydrogen-bond acceptors (Lipinski definition) is 5. The Balaban J connectivity index is 1.40. The number of amides is 1. The molecule has 144 valence electrons. The van der Waals surface area contributed by atoms with E-state index < -0.39 is 12.0 Å². The normalized spacial score (nSPS) is 26.6. The van der Waals surface area contributed by atoms with Crippen LogP contribution in [0.1, 0.15) is 39.2 Å². The van der Waals surface area contributed by atoms with Gasteiger partial charge in [-0.25, -0.2) is 4.79 Å². The average molecular weight is 362 g/mol. The van der Waals surface area contributed by atoms with E-state index in [0.29, 0.717) is 18.4 Å². The largest absolute Gasteiger partial charge is 0.444 e. The highest BCUT2D eigenvalue weighted by atomic mass is 16.6. The highest BCUT2D eigenvalue weighted by molar-refractivity contribution is 5.68. The van der Waals surface area contributed by atoms with Gasteiger partial charge in [-0.1, -0.05) is 30.3 Å². The summed E-state index contributed by atoms with van der Waals surface area (Å²) in [6.07, 6.45) is 0.689. The van der Waals surface area contributed by atoms with E-state index >= 15 is 0 Å². The fraction of sp³-hybridized carbons (Fsp3) is 0.650. The predicted octanol–water partition coefficient (Wildman–Crippen LogP) is 2.71. The smallest absolute Gasteiger partial charge is 0.410 e. The summed E-state index contributed by atoms with van der Waals surface area (Å²) in [6, 6.07) is 10.0. The summed E-state index contributed by atoms with van der Waals surface area (Å²) in [5, 5.41) is 13.2. The number of benzene rings is 1. The van der Waals surface area contributed by atoms with Crippen LogP contribution >= 0.6 is 0 Å². The molecule has 0 aromatic heterocycles. The number of nitrogens with one attached hydrogen (secondary N) is 1. The first-order valence-corrected chi connectivity index (χ1v) is 9.38. The van der Waals surface area contributed by atoms with Crippen LogP contribution in [-0.4, -0.2) is 47.2 Å². The second-order valence-electron chi connectivity index (χ2n) is 8.39. The zero-order valence-corrected chi connectivity index (χ0v) is 15.9. The van der Waals surface area contributed by atoms with Crippen molar-refractivity contribution in [1.82, 2.24) is 10.2 Å². The van der Waals surface area contributed by atoms with E-state index in [4.69, 9.17) is 9.47 Å². The average Bonchev–Trinajstić information content (AvgIpc) is 3.11. The van der Waals surface area contributed by atoms with Crippen LogP contribution in [-0.2, 0) is 16.1 Å². The molecule has 6 heteroatoms. The number of aliphatic hydroxyl groups excluding tert-OH is 1. The third kappa shape index (κ3) is 5.19. The molecule has 1 aliphatic heterocycles. The van der Waals surface area contributed by atoms with Crippen LogP contribution in [0.5, 0.6) is 0 Å². The SMILES string of the molecule is CC(C)(C)OC(=O)N1C[C@H]2CC(NC(O)OCc3ccccc3)C[C@H]2C1. The molecule has 3 rings (SSSR count). The summed E-state index contributed by atoms with van der Waals surface area (Å²) in [4.78, 5) is 14.0. The first-order valence-electron chi connectivity index (χ1n) is 9.38. The molecule has 2 aliphatic rings. The van der Waals surface area contributed by atoms with Crippen LogP contribution in [0.4, 0.5) is 4.79 Å². The molecule has 0 radical (unpaired) electrons. The fourth-order valence-electron chi connectivity index (χ4n) is 3.91. The third-order valence-electron chi connectivity index (χ3n) is 5.03. The van der Waals surface area contributed by atoms with Crippen molar-refractivity contribution < 1.29 is 19.4 Å². The Bertz CT molecular complexity index is 588. The van der Waals surface area contributed by atoms with Crippen molar-refractivity contribution in [3.63, 3.8) is 0 Å². The molecule has 0 bridgehead atoms. The maximum absolute atomic E-state index is 12.2. The molecule has 1 saturated heterocycles. The molecule has 6 nitrogen and oxygen atoms in total. The van der Waals surface area contributed by atoms with Crippen molar-refractivity contribution in [2.75, 3.05) is 13.1 Å². The number of likely N-dealkylation sites (tertiary alicyclic amines) is 1. The molecule has 1 aromatic carbocycles. The van der Waals surface area contributed by atoms with Gasteiger partial charge >= 0.3 is 6.09 Å². The van der Waals surface area contributed by atoms with E-state index in [1.807, 2.05) is 56.0 Å². The maximum atomic E-state index is 12.2. The molecule has 1 amide bonds. The second kappa shape index (κ2) is 7.94. The molecule has 1 aliphatic carbocycles. The summed E-state index contributed by atoms with van der Waals surface area (Å²) in [7, 11) is 0. The Morgan fingerprint density at radius 3 is 2.42 bits per heavy atom. The molecule has 2 unspecified atom stereocenters.